The van der Waals surface area contributed by atoms with Gasteiger partial charge in [-0.25, -0.2) is 0 Å². The maximum Gasteiger partial charge on any atom is 0.0173 e. The highest BCUT2D eigenvalue weighted by atomic mass is 15.1. The molecule has 1 aliphatic carbocycles. The summed E-state index contributed by atoms with van der Waals surface area (Å²) in [6.45, 7) is 12.0. The van der Waals surface area contributed by atoms with E-state index in [4.69, 9.17) is 0 Å². The molecule has 0 aromatic heterocycles. The van der Waals surface area contributed by atoms with E-state index in [1.54, 1.807) is 11.1 Å². The summed E-state index contributed by atoms with van der Waals surface area (Å²) >= 11 is 0. The molecule has 0 spiro atoms. The highest BCUT2D eigenvalue weighted by Gasteiger charge is 2.30. The molecule has 96 valence electrons. The van der Waals surface area contributed by atoms with Gasteiger partial charge in [0.2, 0.25) is 0 Å². The summed E-state index contributed by atoms with van der Waals surface area (Å²) in [4.78, 5) is 2.47. The molecule has 1 heteroatoms. The van der Waals surface area contributed by atoms with Crippen LogP contribution in [-0.2, 0) is 0 Å². The van der Waals surface area contributed by atoms with Gasteiger partial charge < -0.3 is 4.90 Å². The standard InChI is InChI=1S/C16H27N/c1-13-11-14(2)15(16(3,4)12-13)7-10-17-8-5-6-9-17/h7,10,13H,5-6,8-9,11-12H2,1-4H3. The molecule has 0 bridgehead atoms. The van der Waals surface area contributed by atoms with Gasteiger partial charge in [0, 0.05) is 13.1 Å². The predicted molar refractivity (Wildman–Crippen MR) is 74.8 cm³/mol. The Morgan fingerprint density at radius 3 is 2.47 bits per heavy atom. The highest BCUT2D eigenvalue weighted by Crippen LogP contribution is 2.43. The van der Waals surface area contributed by atoms with Crippen molar-refractivity contribution in [3.05, 3.63) is 23.4 Å². The highest BCUT2D eigenvalue weighted by molar-refractivity contribution is 5.33. The van der Waals surface area contributed by atoms with Crippen LogP contribution >= 0.6 is 0 Å². The lowest BCUT2D eigenvalue weighted by atomic mass is 9.69. The minimum atomic E-state index is 0.359. The Hall–Kier alpha value is -0.720. The fraction of sp³-hybridized carbons (Fsp3) is 0.750. The SMILES string of the molecule is CC1=C(C=CN2CCCC2)C(C)(C)CC(C)C1. The third-order valence-electron chi connectivity index (χ3n) is 4.30. The van der Waals surface area contributed by atoms with Gasteiger partial charge in [-0.2, -0.15) is 0 Å². The van der Waals surface area contributed by atoms with Gasteiger partial charge in [-0.05, 0) is 61.8 Å². The minimum Gasteiger partial charge on any atom is -0.377 e. The van der Waals surface area contributed by atoms with E-state index >= 15 is 0 Å². The molecule has 2 rings (SSSR count). The van der Waals surface area contributed by atoms with Crippen LogP contribution in [0, 0.1) is 11.3 Å². The van der Waals surface area contributed by atoms with Gasteiger partial charge in [0.1, 0.15) is 0 Å². The van der Waals surface area contributed by atoms with Crippen molar-refractivity contribution < 1.29 is 0 Å². The van der Waals surface area contributed by atoms with E-state index in [0.29, 0.717) is 5.41 Å². The van der Waals surface area contributed by atoms with E-state index in [1.807, 2.05) is 0 Å². The Labute approximate surface area is 107 Å². The van der Waals surface area contributed by atoms with E-state index in [9.17, 15) is 0 Å². The maximum atomic E-state index is 2.47. The number of rotatable bonds is 2. The van der Waals surface area contributed by atoms with Crippen LogP contribution in [-0.4, -0.2) is 18.0 Å². The second kappa shape index (κ2) is 4.88. The van der Waals surface area contributed by atoms with Crippen molar-refractivity contribution in [2.24, 2.45) is 11.3 Å². The molecule has 0 aromatic rings. The molecule has 2 aliphatic rings. The Balaban J connectivity index is 2.14. The molecule has 1 unspecified atom stereocenters. The van der Waals surface area contributed by atoms with Crippen molar-refractivity contribution in [1.82, 2.24) is 4.90 Å². The van der Waals surface area contributed by atoms with Crippen LogP contribution in [0.3, 0.4) is 0 Å². The normalized spacial score (nSPS) is 29.4. The van der Waals surface area contributed by atoms with Crippen molar-refractivity contribution in [3.63, 3.8) is 0 Å². The first-order valence-electron chi connectivity index (χ1n) is 7.11. The van der Waals surface area contributed by atoms with E-state index < -0.39 is 0 Å². The van der Waals surface area contributed by atoms with Gasteiger partial charge in [0.05, 0.1) is 0 Å². The molecule has 1 fully saturated rings. The quantitative estimate of drug-likeness (QED) is 0.684. The smallest absolute Gasteiger partial charge is 0.0173 e. The Morgan fingerprint density at radius 1 is 1.24 bits per heavy atom. The number of hydrogen-bond donors (Lipinski definition) is 0. The molecule has 1 nitrogen and oxygen atoms in total. The minimum absolute atomic E-state index is 0.359. The van der Waals surface area contributed by atoms with Crippen molar-refractivity contribution in [1.29, 1.82) is 0 Å². The van der Waals surface area contributed by atoms with Gasteiger partial charge in [-0.15, -0.1) is 0 Å². The molecule has 1 heterocycles. The van der Waals surface area contributed by atoms with Crippen molar-refractivity contribution >= 4 is 0 Å². The lowest BCUT2D eigenvalue weighted by Gasteiger charge is -2.36. The number of likely N-dealkylation sites (tertiary alicyclic amines) is 1. The summed E-state index contributed by atoms with van der Waals surface area (Å²) in [5.41, 5.74) is 3.55. The maximum absolute atomic E-state index is 2.47. The lowest BCUT2D eigenvalue weighted by molar-refractivity contribution is 0.306. The van der Waals surface area contributed by atoms with Crippen LogP contribution in [0.2, 0.25) is 0 Å². The summed E-state index contributed by atoms with van der Waals surface area (Å²) in [5, 5.41) is 0. The zero-order chi connectivity index (χ0) is 12.5. The number of allylic oxidation sites excluding steroid dienone is 3. The zero-order valence-corrected chi connectivity index (χ0v) is 11.9. The first-order valence-corrected chi connectivity index (χ1v) is 7.11. The lowest BCUT2D eigenvalue weighted by Crippen LogP contribution is -2.24. The molecule has 0 amide bonds. The molecule has 1 atom stereocenters. The molecule has 0 N–H and O–H groups in total. The van der Waals surface area contributed by atoms with Crippen LogP contribution in [0.25, 0.3) is 0 Å². The second-order valence-corrected chi connectivity index (χ2v) is 6.65. The van der Waals surface area contributed by atoms with Gasteiger partial charge in [0.25, 0.3) is 0 Å². The average molecular weight is 233 g/mol. The van der Waals surface area contributed by atoms with E-state index in [0.717, 1.165) is 5.92 Å². The van der Waals surface area contributed by atoms with Gasteiger partial charge in [0.15, 0.2) is 0 Å². The second-order valence-electron chi connectivity index (χ2n) is 6.65. The van der Waals surface area contributed by atoms with E-state index in [2.05, 4.69) is 44.9 Å². The molecule has 0 aromatic carbocycles. The van der Waals surface area contributed by atoms with Crippen LogP contribution in [0.1, 0.15) is 53.4 Å². The topological polar surface area (TPSA) is 3.24 Å². The summed E-state index contributed by atoms with van der Waals surface area (Å²) in [5.74, 6) is 0.842. The predicted octanol–water partition coefficient (Wildman–Crippen LogP) is 4.37. The molecule has 17 heavy (non-hydrogen) atoms. The summed E-state index contributed by atoms with van der Waals surface area (Å²) in [6, 6.07) is 0. The molecule has 1 saturated heterocycles. The largest absolute Gasteiger partial charge is 0.377 e. The van der Waals surface area contributed by atoms with Gasteiger partial charge in [-0.3, -0.25) is 0 Å². The zero-order valence-electron chi connectivity index (χ0n) is 11.9. The van der Waals surface area contributed by atoms with Crippen LogP contribution in [0.5, 0.6) is 0 Å². The van der Waals surface area contributed by atoms with Crippen molar-refractivity contribution in [3.8, 4) is 0 Å². The third kappa shape index (κ3) is 2.94. The molecular formula is C16H27N. The fourth-order valence-electron chi connectivity index (χ4n) is 3.70. The molecule has 0 radical (unpaired) electrons. The Kier molecular flexibility index (Phi) is 3.65. The van der Waals surface area contributed by atoms with Gasteiger partial charge in [-0.1, -0.05) is 26.3 Å². The number of nitrogens with zero attached hydrogens (tertiary/aromatic N) is 1. The van der Waals surface area contributed by atoms with Crippen LogP contribution in [0.4, 0.5) is 0 Å². The Bertz CT molecular complexity index is 329. The van der Waals surface area contributed by atoms with Crippen LogP contribution < -0.4 is 0 Å². The van der Waals surface area contributed by atoms with Crippen molar-refractivity contribution in [2.75, 3.05) is 13.1 Å². The summed E-state index contributed by atoms with van der Waals surface area (Å²) in [6.07, 6.45) is 10.1. The molecule has 1 aliphatic heterocycles. The van der Waals surface area contributed by atoms with E-state index in [1.165, 1.54) is 38.8 Å². The summed E-state index contributed by atoms with van der Waals surface area (Å²) < 4.78 is 0. The van der Waals surface area contributed by atoms with Gasteiger partial charge >= 0.3 is 0 Å². The Morgan fingerprint density at radius 2 is 1.88 bits per heavy atom. The first kappa shape index (κ1) is 12.7. The van der Waals surface area contributed by atoms with E-state index in [-0.39, 0.29) is 0 Å². The molecule has 0 saturated carbocycles. The fourth-order valence-corrected chi connectivity index (χ4v) is 3.70. The average Bonchev–Trinajstić information content (AvgIpc) is 2.67. The van der Waals surface area contributed by atoms with Crippen LogP contribution in [0.15, 0.2) is 23.4 Å². The first-order chi connectivity index (χ1) is 7.99. The number of hydrogen-bond acceptors (Lipinski definition) is 1. The summed E-state index contributed by atoms with van der Waals surface area (Å²) in [7, 11) is 0. The monoisotopic (exact) mass is 233 g/mol. The molecular weight excluding hydrogens is 206 g/mol. The van der Waals surface area contributed by atoms with Crippen molar-refractivity contribution in [2.45, 2.75) is 53.4 Å². The third-order valence-corrected chi connectivity index (χ3v) is 4.30.